The number of benzene rings is 2. The number of amides is 1. The lowest BCUT2D eigenvalue weighted by Crippen LogP contribution is -2.41. The molecule has 9 heteroatoms. The van der Waals surface area contributed by atoms with Gasteiger partial charge in [-0.25, -0.2) is 8.42 Å². The quantitative estimate of drug-likeness (QED) is 0.757. The van der Waals surface area contributed by atoms with Crippen LogP contribution in [-0.4, -0.2) is 27.1 Å². The first-order chi connectivity index (χ1) is 13.3. The molecule has 0 saturated heterocycles. The largest absolute Gasteiger partial charge is 0.416 e. The summed E-state index contributed by atoms with van der Waals surface area (Å²) in [5.74, 6) is -0.625. The van der Waals surface area contributed by atoms with Gasteiger partial charge in [0.1, 0.15) is 6.54 Å². The summed E-state index contributed by atoms with van der Waals surface area (Å²) >= 11 is 0. The molecule has 0 spiro atoms. The third-order valence-corrected chi connectivity index (χ3v) is 5.56. The molecule has 2 rings (SSSR count). The molecule has 0 radical (unpaired) electrons. The Morgan fingerprint density at radius 1 is 1.14 bits per heavy atom. The third kappa shape index (κ3) is 5.96. The summed E-state index contributed by atoms with van der Waals surface area (Å²) in [4.78, 5) is 12.5. The first kappa shape index (κ1) is 22.7. The van der Waals surface area contributed by atoms with Crippen LogP contribution in [0, 0.1) is 13.8 Å². The lowest BCUT2D eigenvalue weighted by molar-refractivity contribution is -0.137. The van der Waals surface area contributed by atoms with Crippen molar-refractivity contribution in [2.75, 3.05) is 17.1 Å². The fraction of sp³-hybridized carbons (Fsp3) is 0.350. The number of hydrogen-bond acceptors (Lipinski definition) is 3. The zero-order valence-corrected chi connectivity index (χ0v) is 17.4. The van der Waals surface area contributed by atoms with E-state index < -0.39 is 40.3 Å². The second-order valence-electron chi connectivity index (χ2n) is 6.97. The maximum absolute atomic E-state index is 13.0. The molecule has 0 heterocycles. The molecule has 0 aliphatic rings. The molecule has 0 unspecified atom stereocenters. The molecule has 0 aliphatic carbocycles. The highest BCUT2D eigenvalue weighted by Gasteiger charge is 2.32. The summed E-state index contributed by atoms with van der Waals surface area (Å²) in [6.45, 7) is 4.97. The number of anilines is 1. The van der Waals surface area contributed by atoms with Gasteiger partial charge in [-0.1, -0.05) is 29.8 Å². The van der Waals surface area contributed by atoms with Crippen LogP contribution in [0.15, 0.2) is 42.5 Å². The molecule has 0 aliphatic heterocycles. The average molecular weight is 428 g/mol. The Kier molecular flexibility index (Phi) is 6.62. The van der Waals surface area contributed by atoms with E-state index in [1.807, 2.05) is 32.0 Å². The van der Waals surface area contributed by atoms with Gasteiger partial charge in [0, 0.05) is 0 Å². The van der Waals surface area contributed by atoms with Gasteiger partial charge in [-0.05, 0) is 50.1 Å². The zero-order chi connectivity index (χ0) is 22.0. The van der Waals surface area contributed by atoms with Crippen LogP contribution in [0.5, 0.6) is 0 Å². The lowest BCUT2D eigenvalue weighted by Gasteiger charge is -2.24. The standard InChI is InChI=1S/C20H23F3N2O3S/c1-13-8-9-18(14(2)10-13)15(3)24-19(26)12-25(29(4,27)28)17-7-5-6-16(11-17)20(21,22)23/h5-11,15H,12H2,1-4H3,(H,24,26)/t15-/m1/s1. The predicted molar refractivity (Wildman–Crippen MR) is 106 cm³/mol. The maximum Gasteiger partial charge on any atom is 0.416 e. The topological polar surface area (TPSA) is 66.5 Å². The Bertz CT molecular complexity index is 1000. The number of nitrogens with one attached hydrogen (secondary N) is 1. The van der Waals surface area contributed by atoms with Gasteiger partial charge in [-0.2, -0.15) is 13.2 Å². The van der Waals surface area contributed by atoms with Crippen LogP contribution in [0.25, 0.3) is 0 Å². The molecule has 0 bridgehead atoms. The van der Waals surface area contributed by atoms with Crippen molar-refractivity contribution >= 4 is 21.6 Å². The smallest absolute Gasteiger partial charge is 0.348 e. The minimum absolute atomic E-state index is 0.225. The van der Waals surface area contributed by atoms with Crippen LogP contribution in [-0.2, 0) is 21.0 Å². The Morgan fingerprint density at radius 2 is 1.79 bits per heavy atom. The molecule has 158 valence electrons. The van der Waals surface area contributed by atoms with E-state index in [-0.39, 0.29) is 5.69 Å². The van der Waals surface area contributed by atoms with Crippen molar-refractivity contribution in [1.82, 2.24) is 5.32 Å². The van der Waals surface area contributed by atoms with Crippen molar-refractivity contribution in [3.05, 3.63) is 64.7 Å². The summed E-state index contributed by atoms with van der Waals surface area (Å²) in [7, 11) is -3.98. The molecule has 29 heavy (non-hydrogen) atoms. The van der Waals surface area contributed by atoms with Crippen LogP contribution in [0.4, 0.5) is 18.9 Å². The Labute approximate surface area is 168 Å². The van der Waals surface area contributed by atoms with Gasteiger partial charge in [0.05, 0.1) is 23.5 Å². The lowest BCUT2D eigenvalue weighted by atomic mass is 10.0. The normalized spacial score (nSPS) is 13.1. The molecule has 2 aromatic carbocycles. The summed E-state index contributed by atoms with van der Waals surface area (Å²) in [5, 5.41) is 2.71. The molecule has 2 aromatic rings. The van der Waals surface area contributed by atoms with Crippen LogP contribution < -0.4 is 9.62 Å². The summed E-state index contributed by atoms with van der Waals surface area (Å²) in [6, 6.07) is 9.21. The number of rotatable bonds is 6. The molecule has 0 saturated carbocycles. The number of aryl methyl sites for hydroxylation is 2. The highest BCUT2D eigenvalue weighted by Crippen LogP contribution is 2.32. The number of carbonyl (C=O) groups excluding carboxylic acids is 1. The average Bonchev–Trinajstić information content (AvgIpc) is 2.58. The van der Waals surface area contributed by atoms with E-state index >= 15 is 0 Å². The third-order valence-electron chi connectivity index (χ3n) is 4.42. The molecule has 0 aromatic heterocycles. The van der Waals surface area contributed by atoms with Gasteiger partial charge >= 0.3 is 6.18 Å². The molecular formula is C20H23F3N2O3S. The first-order valence-electron chi connectivity index (χ1n) is 8.80. The number of hydrogen-bond donors (Lipinski definition) is 1. The van der Waals surface area contributed by atoms with Crippen LogP contribution >= 0.6 is 0 Å². The van der Waals surface area contributed by atoms with Crippen LogP contribution in [0.2, 0.25) is 0 Å². The highest BCUT2D eigenvalue weighted by molar-refractivity contribution is 7.92. The van der Waals surface area contributed by atoms with E-state index in [0.717, 1.165) is 35.1 Å². The SMILES string of the molecule is Cc1ccc([C@@H](C)NC(=O)CN(c2cccc(C(F)(F)F)c2)S(C)(=O)=O)c(C)c1. The number of carbonyl (C=O) groups is 1. The maximum atomic E-state index is 13.0. The zero-order valence-electron chi connectivity index (χ0n) is 16.5. The van der Waals surface area contributed by atoms with Gasteiger partial charge in [0.2, 0.25) is 15.9 Å². The van der Waals surface area contributed by atoms with E-state index in [1.165, 1.54) is 6.07 Å². The highest BCUT2D eigenvalue weighted by atomic mass is 32.2. The number of nitrogens with zero attached hydrogens (tertiary/aromatic N) is 1. The van der Waals surface area contributed by atoms with E-state index in [1.54, 1.807) is 6.92 Å². The number of halogens is 3. The fourth-order valence-corrected chi connectivity index (χ4v) is 3.89. The van der Waals surface area contributed by atoms with E-state index in [2.05, 4.69) is 5.32 Å². The van der Waals surface area contributed by atoms with Crippen LogP contribution in [0.1, 0.15) is 35.2 Å². The molecular weight excluding hydrogens is 405 g/mol. The molecule has 1 amide bonds. The second-order valence-corrected chi connectivity index (χ2v) is 8.87. The Morgan fingerprint density at radius 3 is 2.34 bits per heavy atom. The minimum Gasteiger partial charge on any atom is -0.348 e. The molecule has 5 nitrogen and oxygen atoms in total. The molecule has 1 atom stereocenters. The Balaban J connectivity index is 2.24. The van der Waals surface area contributed by atoms with Crippen LogP contribution in [0.3, 0.4) is 0 Å². The fourth-order valence-electron chi connectivity index (χ4n) is 3.04. The second kappa shape index (κ2) is 8.44. The van der Waals surface area contributed by atoms with E-state index in [9.17, 15) is 26.4 Å². The molecule has 1 N–H and O–H groups in total. The monoisotopic (exact) mass is 428 g/mol. The minimum atomic E-state index is -4.63. The van der Waals surface area contributed by atoms with Crippen molar-refractivity contribution in [2.45, 2.75) is 33.0 Å². The van der Waals surface area contributed by atoms with Crippen molar-refractivity contribution in [1.29, 1.82) is 0 Å². The van der Waals surface area contributed by atoms with Crippen molar-refractivity contribution < 1.29 is 26.4 Å². The van der Waals surface area contributed by atoms with Gasteiger partial charge < -0.3 is 5.32 Å². The summed E-state index contributed by atoms with van der Waals surface area (Å²) < 4.78 is 63.8. The summed E-state index contributed by atoms with van der Waals surface area (Å²) in [6.07, 6.45) is -3.78. The van der Waals surface area contributed by atoms with Crippen molar-refractivity contribution in [2.24, 2.45) is 0 Å². The van der Waals surface area contributed by atoms with E-state index in [0.29, 0.717) is 10.4 Å². The Hall–Kier alpha value is -2.55. The number of sulfonamides is 1. The predicted octanol–water partition coefficient (Wildman–Crippen LogP) is 3.97. The summed E-state index contributed by atoms with van der Waals surface area (Å²) in [5.41, 5.74) is 1.69. The van der Waals surface area contributed by atoms with Gasteiger partial charge in [0.15, 0.2) is 0 Å². The molecule has 0 fully saturated rings. The van der Waals surface area contributed by atoms with Gasteiger partial charge in [-0.15, -0.1) is 0 Å². The van der Waals surface area contributed by atoms with Crippen molar-refractivity contribution in [3.63, 3.8) is 0 Å². The van der Waals surface area contributed by atoms with Gasteiger partial charge in [0.25, 0.3) is 0 Å². The van der Waals surface area contributed by atoms with Crippen molar-refractivity contribution in [3.8, 4) is 0 Å². The number of alkyl halides is 3. The van der Waals surface area contributed by atoms with E-state index in [4.69, 9.17) is 0 Å². The first-order valence-corrected chi connectivity index (χ1v) is 10.7. The van der Waals surface area contributed by atoms with Gasteiger partial charge in [-0.3, -0.25) is 9.10 Å².